The highest BCUT2D eigenvalue weighted by molar-refractivity contribution is 7.89. The Kier molecular flexibility index (Phi) is 4.66. The van der Waals surface area contributed by atoms with Crippen molar-refractivity contribution in [1.82, 2.24) is 10.0 Å². The first-order chi connectivity index (χ1) is 8.46. The molecule has 1 saturated heterocycles. The summed E-state index contributed by atoms with van der Waals surface area (Å²) in [6, 6.07) is 3.49. The fraction of sp³-hybridized carbons (Fsp3) is 0.636. The molecule has 0 spiro atoms. The van der Waals surface area contributed by atoms with Crippen molar-refractivity contribution >= 4 is 33.0 Å². The predicted octanol–water partition coefficient (Wildman–Crippen LogP) is 2.13. The largest absolute Gasteiger partial charge is 0.313 e. The van der Waals surface area contributed by atoms with E-state index < -0.39 is 10.0 Å². The van der Waals surface area contributed by atoms with E-state index >= 15 is 0 Å². The van der Waals surface area contributed by atoms with Gasteiger partial charge in [-0.15, -0.1) is 11.3 Å². The summed E-state index contributed by atoms with van der Waals surface area (Å²) in [7, 11) is -3.25. The molecule has 7 heteroatoms. The SMILES string of the molecule is CC(NS(=O)(=O)CC1CCCN1)c1ccc(Cl)s1. The van der Waals surface area contributed by atoms with Crippen LogP contribution in [0, 0.1) is 0 Å². The van der Waals surface area contributed by atoms with Gasteiger partial charge in [-0.05, 0) is 38.4 Å². The smallest absolute Gasteiger partial charge is 0.213 e. The van der Waals surface area contributed by atoms with E-state index in [4.69, 9.17) is 11.6 Å². The van der Waals surface area contributed by atoms with E-state index in [1.165, 1.54) is 11.3 Å². The third kappa shape index (κ3) is 3.93. The summed E-state index contributed by atoms with van der Waals surface area (Å²) >= 11 is 7.25. The molecule has 1 aliphatic rings. The number of halogens is 1. The van der Waals surface area contributed by atoms with Crippen molar-refractivity contribution in [2.24, 2.45) is 0 Å². The minimum atomic E-state index is -3.25. The zero-order valence-electron chi connectivity index (χ0n) is 10.1. The fourth-order valence-corrected chi connectivity index (χ4v) is 4.81. The van der Waals surface area contributed by atoms with Crippen LogP contribution in [0.4, 0.5) is 0 Å². The van der Waals surface area contributed by atoms with Crippen LogP contribution in [0.5, 0.6) is 0 Å². The van der Waals surface area contributed by atoms with Crippen molar-refractivity contribution in [3.8, 4) is 0 Å². The molecule has 2 N–H and O–H groups in total. The van der Waals surface area contributed by atoms with Crippen LogP contribution in [-0.4, -0.2) is 26.8 Å². The van der Waals surface area contributed by atoms with Gasteiger partial charge in [0, 0.05) is 10.9 Å². The van der Waals surface area contributed by atoms with E-state index in [-0.39, 0.29) is 17.8 Å². The van der Waals surface area contributed by atoms with Crippen LogP contribution in [0.1, 0.15) is 30.7 Å². The van der Waals surface area contributed by atoms with Crippen molar-refractivity contribution in [2.45, 2.75) is 31.8 Å². The highest BCUT2D eigenvalue weighted by Gasteiger charge is 2.24. The molecular formula is C11H17ClN2O2S2. The normalized spacial score (nSPS) is 22.2. The van der Waals surface area contributed by atoms with Gasteiger partial charge in [-0.1, -0.05) is 11.6 Å². The third-order valence-corrected chi connectivity index (χ3v) is 5.93. The zero-order chi connectivity index (χ0) is 13.2. The molecule has 2 atom stereocenters. The minimum absolute atomic E-state index is 0.0848. The van der Waals surface area contributed by atoms with Crippen molar-refractivity contribution in [1.29, 1.82) is 0 Å². The quantitative estimate of drug-likeness (QED) is 0.876. The van der Waals surface area contributed by atoms with Crippen molar-refractivity contribution in [2.75, 3.05) is 12.3 Å². The molecule has 2 rings (SSSR count). The molecule has 2 heterocycles. The van der Waals surface area contributed by atoms with Gasteiger partial charge < -0.3 is 5.32 Å². The van der Waals surface area contributed by atoms with E-state index in [1.54, 1.807) is 6.07 Å². The molecule has 18 heavy (non-hydrogen) atoms. The zero-order valence-corrected chi connectivity index (χ0v) is 12.5. The molecule has 0 aliphatic carbocycles. The van der Waals surface area contributed by atoms with Crippen LogP contribution >= 0.6 is 22.9 Å². The lowest BCUT2D eigenvalue weighted by Gasteiger charge is -2.15. The van der Waals surface area contributed by atoms with Crippen LogP contribution in [0.25, 0.3) is 0 Å². The maximum atomic E-state index is 12.0. The molecule has 0 aromatic carbocycles. The summed E-state index contributed by atoms with van der Waals surface area (Å²) in [5, 5.41) is 3.19. The van der Waals surface area contributed by atoms with E-state index in [2.05, 4.69) is 10.0 Å². The molecule has 0 saturated carbocycles. The lowest BCUT2D eigenvalue weighted by molar-refractivity contribution is 0.552. The van der Waals surface area contributed by atoms with Crippen LogP contribution < -0.4 is 10.0 Å². The monoisotopic (exact) mass is 308 g/mol. The predicted molar refractivity (Wildman–Crippen MR) is 75.7 cm³/mol. The molecule has 1 fully saturated rings. The number of nitrogens with one attached hydrogen (secondary N) is 2. The molecule has 2 unspecified atom stereocenters. The Labute approximate surface area is 117 Å². The van der Waals surface area contributed by atoms with Gasteiger partial charge in [-0.25, -0.2) is 13.1 Å². The second kappa shape index (κ2) is 5.88. The molecule has 1 aromatic rings. The number of hydrogen-bond donors (Lipinski definition) is 2. The Balaban J connectivity index is 1.94. The Bertz CT molecular complexity index is 495. The lowest BCUT2D eigenvalue weighted by atomic mass is 10.3. The third-order valence-electron chi connectivity index (χ3n) is 2.96. The van der Waals surface area contributed by atoms with Gasteiger partial charge in [0.1, 0.15) is 0 Å². The highest BCUT2D eigenvalue weighted by Crippen LogP contribution is 2.27. The number of thiophene rings is 1. The maximum Gasteiger partial charge on any atom is 0.213 e. The summed E-state index contributed by atoms with van der Waals surface area (Å²) < 4.78 is 27.4. The number of rotatable bonds is 5. The average Bonchev–Trinajstić information content (AvgIpc) is 2.87. The number of hydrogen-bond acceptors (Lipinski definition) is 4. The Morgan fingerprint density at radius 3 is 2.94 bits per heavy atom. The van der Waals surface area contributed by atoms with E-state index in [9.17, 15) is 8.42 Å². The minimum Gasteiger partial charge on any atom is -0.313 e. The van der Waals surface area contributed by atoms with Gasteiger partial charge in [-0.3, -0.25) is 0 Å². The van der Waals surface area contributed by atoms with Gasteiger partial charge in [0.15, 0.2) is 0 Å². The second-order valence-electron chi connectivity index (χ2n) is 4.56. The molecule has 4 nitrogen and oxygen atoms in total. The van der Waals surface area contributed by atoms with E-state index in [0.717, 1.165) is 24.3 Å². The first kappa shape index (κ1) is 14.3. The lowest BCUT2D eigenvalue weighted by Crippen LogP contribution is -2.37. The molecule has 1 aliphatic heterocycles. The fourth-order valence-electron chi connectivity index (χ4n) is 2.10. The number of sulfonamides is 1. The van der Waals surface area contributed by atoms with Gasteiger partial charge >= 0.3 is 0 Å². The Morgan fingerprint density at radius 2 is 2.39 bits per heavy atom. The first-order valence-corrected chi connectivity index (χ1v) is 8.79. The molecule has 0 amide bonds. The van der Waals surface area contributed by atoms with Crippen LogP contribution in [0.2, 0.25) is 4.34 Å². The summed E-state index contributed by atoms with van der Waals surface area (Å²) in [5.74, 6) is 0.149. The molecule has 0 bridgehead atoms. The summed E-state index contributed by atoms with van der Waals surface area (Å²) in [6.07, 6.45) is 1.98. The second-order valence-corrected chi connectivity index (χ2v) is 8.10. The van der Waals surface area contributed by atoms with Crippen molar-refractivity contribution < 1.29 is 8.42 Å². The molecular weight excluding hydrogens is 292 g/mol. The molecule has 102 valence electrons. The summed E-state index contributed by atoms with van der Waals surface area (Å²) in [6.45, 7) is 2.75. The van der Waals surface area contributed by atoms with E-state index in [1.807, 2.05) is 13.0 Å². The Morgan fingerprint density at radius 1 is 1.61 bits per heavy atom. The van der Waals surface area contributed by atoms with Gasteiger partial charge in [-0.2, -0.15) is 0 Å². The average molecular weight is 309 g/mol. The van der Waals surface area contributed by atoms with Crippen molar-refractivity contribution in [3.05, 3.63) is 21.3 Å². The molecule has 0 radical (unpaired) electrons. The van der Waals surface area contributed by atoms with Gasteiger partial charge in [0.05, 0.1) is 16.1 Å². The topological polar surface area (TPSA) is 58.2 Å². The van der Waals surface area contributed by atoms with Crippen LogP contribution in [-0.2, 0) is 10.0 Å². The summed E-state index contributed by atoms with van der Waals surface area (Å²) in [4.78, 5) is 0.933. The first-order valence-electron chi connectivity index (χ1n) is 5.95. The van der Waals surface area contributed by atoms with Crippen LogP contribution in [0.15, 0.2) is 12.1 Å². The standard InChI is InChI=1S/C11H17ClN2O2S2/c1-8(10-4-5-11(12)17-10)14-18(15,16)7-9-3-2-6-13-9/h4-5,8-9,13-14H,2-3,6-7H2,1H3. The summed E-state index contributed by atoms with van der Waals surface area (Å²) in [5.41, 5.74) is 0. The molecule has 1 aromatic heterocycles. The Hall–Kier alpha value is -0.140. The van der Waals surface area contributed by atoms with E-state index in [0.29, 0.717) is 4.34 Å². The maximum absolute atomic E-state index is 12.0. The van der Waals surface area contributed by atoms with Crippen LogP contribution in [0.3, 0.4) is 0 Å². The highest BCUT2D eigenvalue weighted by atomic mass is 35.5. The van der Waals surface area contributed by atoms with Gasteiger partial charge in [0.25, 0.3) is 0 Å². The van der Waals surface area contributed by atoms with Gasteiger partial charge in [0.2, 0.25) is 10.0 Å². The van der Waals surface area contributed by atoms with Crippen molar-refractivity contribution in [3.63, 3.8) is 0 Å².